The highest BCUT2D eigenvalue weighted by Crippen LogP contribution is 2.34. The van der Waals surface area contributed by atoms with E-state index in [1.165, 1.54) is 0 Å². The van der Waals surface area contributed by atoms with Crippen molar-refractivity contribution >= 4 is 23.8 Å². The van der Waals surface area contributed by atoms with Crippen LogP contribution in [0.2, 0.25) is 0 Å². The van der Waals surface area contributed by atoms with Crippen LogP contribution in [-0.4, -0.2) is 40.2 Å². The fourth-order valence-corrected chi connectivity index (χ4v) is 4.40. The minimum absolute atomic E-state index is 0.000450. The molecule has 1 aliphatic rings. The number of carbonyl (C=O) groups is 2. The zero-order valence-electron chi connectivity index (χ0n) is 15.4. The van der Waals surface area contributed by atoms with Crippen LogP contribution in [0.15, 0.2) is 30.3 Å². The summed E-state index contributed by atoms with van der Waals surface area (Å²) >= 11 is 1.66. The molecule has 2 rings (SSSR count). The van der Waals surface area contributed by atoms with E-state index < -0.39 is 6.04 Å². The largest absolute Gasteiger partial charge is 0.461 e. The average molecular weight is 365 g/mol. The molecule has 1 aliphatic heterocycles. The lowest BCUT2D eigenvalue weighted by molar-refractivity contribution is -0.151. The number of nitrogens with one attached hydrogen (secondary N) is 1. The molecule has 2 amide bonds. The highest BCUT2D eigenvalue weighted by atomic mass is 32.2. The molecule has 6 heteroatoms. The van der Waals surface area contributed by atoms with Crippen LogP contribution in [0.4, 0.5) is 4.79 Å². The van der Waals surface area contributed by atoms with E-state index in [2.05, 4.69) is 19.2 Å². The molecule has 0 aromatic heterocycles. The fourth-order valence-electron chi connectivity index (χ4n) is 2.78. The van der Waals surface area contributed by atoms with Gasteiger partial charge >= 0.3 is 12.0 Å². The van der Waals surface area contributed by atoms with E-state index in [1.54, 1.807) is 16.7 Å². The summed E-state index contributed by atoms with van der Waals surface area (Å²) in [5, 5.41) is 2.95. The quantitative estimate of drug-likeness (QED) is 0.783. The Morgan fingerprint density at radius 1 is 1.24 bits per heavy atom. The second-order valence-electron chi connectivity index (χ2n) is 6.97. The molecule has 2 unspecified atom stereocenters. The van der Waals surface area contributed by atoms with Crippen LogP contribution in [0.3, 0.4) is 0 Å². The molecule has 5 nitrogen and oxygen atoms in total. The highest BCUT2D eigenvalue weighted by molar-refractivity contribution is 8.00. The number of carbonyl (C=O) groups excluding carboxylic acids is 2. The Kier molecular flexibility index (Phi) is 7.17. The normalized spacial score (nSPS) is 20.2. The van der Waals surface area contributed by atoms with Crippen LogP contribution in [0.1, 0.15) is 39.7 Å². The number of amides is 2. The number of thioether (sulfide) groups is 1. The first-order chi connectivity index (χ1) is 11.9. The van der Waals surface area contributed by atoms with E-state index in [9.17, 15) is 9.59 Å². The maximum absolute atomic E-state index is 12.8. The number of benzene rings is 1. The maximum atomic E-state index is 12.8. The van der Waals surface area contributed by atoms with Crippen LogP contribution in [0.5, 0.6) is 0 Å². The summed E-state index contributed by atoms with van der Waals surface area (Å²) in [6.07, 6.45) is 0.672. The molecule has 1 N–H and O–H groups in total. The van der Waals surface area contributed by atoms with E-state index in [-0.39, 0.29) is 23.5 Å². The van der Waals surface area contributed by atoms with Crippen molar-refractivity contribution in [1.82, 2.24) is 10.2 Å². The van der Waals surface area contributed by atoms with Gasteiger partial charge in [0.1, 0.15) is 6.04 Å². The van der Waals surface area contributed by atoms with Crippen molar-refractivity contribution < 1.29 is 14.3 Å². The molecule has 0 spiro atoms. The molecule has 25 heavy (non-hydrogen) atoms. The average Bonchev–Trinajstić information content (AvgIpc) is 2.96. The van der Waals surface area contributed by atoms with Gasteiger partial charge in [0.15, 0.2) is 0 Å². The number of esters is 1. The molecule has 0 radical (unpaired) electrons. The lowest BCUT2D eigenvalue weighted by Gasteiger charge is -2.29. The van der Waals surface area contributed by atoms with Gasteiger partial charge in [-0.3, -0.25) is 4.90 Å². The van der Waals surface area contributed by atoms with Gasteiger partial charge in [-0.05, 0) is 31.7 Å². The second kappa shape index (κ2) is 9.13. The summed E-state index contributed by atoms with van der Waals surface area (Å²) in [7, 11) is 0. The molecule has 1 aromatic carbocycles. The third-order valence-corrected chi connectivity index (χ3v) is 5.22. The molecule has 1 saturated heterocycles. The SMILES string of the molecule is CC(C)CC1SCC(C(=O)OC(C)C)N1C(=O)NCc1ccccc1. The van der Waals surface area contributed by atoms with Gasteiger partial charge in [-0.1, -0.05) is 44.2 Å². The zero-order valence-corrected chi connectivity index (χ0v) is 16.2. The number of urea groups is 1. The molecule has 0 aliphatic carbocycles. The Balaban J connectivity index is 2.07. The van der Waals surface area contributed by atoms with Gasteiger partial charge in [0, 0.05) is 12.3 Å². The van der Waals surface area contributed by atoms with E-state index in [0.717, 1.165) is 12.0 Å². The molecule has 0 bridgehead atoms. The number of nitrogens with zero attached hydrogens (tertiary/aromatic N) is 1. The smallest absolute Gasteiger partial charge is 0.330 e. The van der Waals surface area contributed by atoms with Gasteiger partial charge in [-0.15, -0.1) is 11.8 Å². The third-order valence-electron chi connectivity index (χ3n) is 3.91. The molecule has 1 aromatic rings. The first kappa shape index (κ1) is 19.6. The predicted molar refractivity (Wildman–Crippen MR) is 101 cm³/mol. The Bertz CT molecular complexity index is 577. The first-order valence-electron chi connectivity index (χ1n) is 8.80. The molecule has 1 fully saturated rings. The van der Waals surface area contributed by atoms with Gasteiger partial charge in [-0.25, -0.2) is 9.59 Å². The van der Waals surface area contributed by atoms with Crippen LogP contribution >= 0.6 is 11.8 Å². The van der Waals surface area contributed by atoms with Gasteiger partial charge in [0.25, 0.3) is 0 Å². The van der Waals surface area contributed by atoms with E-state index in [4.69, 9.17) is 4.74 Å². The molecule has 1 heterocycles. The molecular weight excluding hydrogens is 336 g/mol. The minimum Gasteiger partial charge on any atom is -0.461 e. The van der Waals surface area contributed by atoms with Crippen molar-refractivity contribution in [2.45, 2.75) is 58.2 Å². The summed E-state index contributed by atoms with van der Waals surface area (Å²) in [4.78, 5) is 26.9. The van der Waals surface area contributed by atoms with Crippen LogP contribution in [-0.2, 0) is 16.1 Å². The third kappa shape index (κ3) is 5.66. The van der Waals surface area contributed by atoms with Crippen molar-refractivity contribution in [2.75, 3.05) is 5.75 Å². The molecule has 0 saturated carbocycles. The zero-order chi connectivity index (χ0) is 18.4. The summed E-state index contributed by atoms with van der Waals surface area (Å²) in [5.74, 6) is 0.715. The number of rotatable bonds is 6. The summed E-state index contributed by atoms with van der Waals surface area (Å²) < 4.78 is 5.36. The monoisotopic (exact) mass is 364 g/mol. The van der Waals surface area contributed by atoms with E-state index in [1.807, 2.05) is 44.2 Å². The Morgan fingerprint density at radius 2 is 1.92 bits per heavy atom. The molecule has 138 valence electrons. The summed E-state index contributed by atoms with van der Waals surface area (Å²) in [6.45, 7) is 8.35. The topological polar surface area (TPSA) is 58.6 Å². The highest BCUT2D eigenvalue weighted by Gasteiger charge is 2.42. The maximum Gasteiger partial charge on any atom is 0.330 e. The Hall–Kier alpha value is -1.69. The van der Waals surface area contributed by atoms with Crippen molar-refractivity contribution in [3.05, 3.63) is 35.9 Å². The minimum atomic E-state index is -0.521. The van der Waals surface area contributed by atoms with Gasteiger partial charge in [0.05, 0.1) is 11.5 Å². The first-order valence-corrected chi connectivity index (χ1v) is 9.85. The lowest BCUT2D eigenvalue weighted by Crippen LogP contribution is -2.51. The van der Waals surface area contributed by atoms with Gasteiger partial charge < -0.3 is 10.1 Å². The van der Waals surface area contributed by atoms with Crippen molar-refractivity contribution in [3.63, 3.8) is 0 Å². The van der Waals surface area contributed by atoms with Crippen LogP contribution < -0.4 is 5.32 Å². The van der Waals surface area contributed by atoms with E-state index >= 15 is 0 Å². The fraction of sp³-hybridized carbons (Fsp3) is 0.579. The lowest BCUT2D eigenvalue weighted by atomic mass is 10.1. The summed E-state index contributed by atoms with van der Waals surface area (Å²) in [6, 6.07) is 9.04. The number of hydrogen-bond donors (Lipinski definition) is 1. The predicted octanol–water partition coefficient (Wildman–Crippen LogP) is 3.64. The van der Waals surface area contributed by atoms with Crippen LogP contribution in [0, 0.1) is 5.92 Å². The molecular formula is C19H28N2O3S. The number of hydrogen-bond acceptors (Lipinski definition) is 4. The number of ether oxygens (including phenoxy) is 1. The van der Waals surface area contributed by atoms with Crippen molar-refractivity contribution in [2.24, 2.45) is 5.92 Å². The standard InChI is InChI=1S/C19H28N2O3S/c1-13(2)10-17-21(16(12-25-17)18(22)24-14(3)4)19(23)20-11-15-8-6-5-7-9-15/h5-9,13-14,16-17H,10-12H2,1-4H3,(H,20,23). The van der Waals surface area contributed by atoms with Crippen LogP contribution in [0.25, 0.3) is 0 Å². The molecule has 2 atom stereocenters. The van der Waals surface area contributed by atoms with Crippen molar-refractivity contribution in [1.29, 1.82) is 0 Å². The van der Waals surface area contributed by atoms with E-state index in [0.29, 0.717) is 18.2 Å². The Morgan fingerprint density at radius 3 is 2.52 bits per heavy atom. The van der Waals surface area contributed by atoms with Gasteiger partial charge in [-0.2, -0.15) is 0 Å². The Labute approximate surface area is 154 Å². The summed E-state index contributed by atoms with van der Waals surface area (Å²) in [5.41, 5.74) is 1.03. The van der Waals surface area contributed by atoms with Crippen molar-refractivity contribution in [3.8, 4) is 0 Å². The second-order valence-corrected chi connectivity index (χ2v) is 8.18. The van der Waals surface area contributed by atoms with Gasteiger partial charge in [0.2, 0.25) is 0 Å².